The number of benzene rings is 1. The molecule has 0 bridgehead atoms. The molecule has 1 aromatic carbocycles. The smallest absolute Gasteiger partial charge is 0.321 e. The molecule has 1 heterocycles. The first kappa shape index (κ1) is 22.1. The van der Waals surface area contributed by atoms with Crippen LogP contribution in [0, 0.1) is 11.8 Å². The third-order valence-corrected chi connectivity index (χ3v) is 4.76. The SMILES string of the molecule is COCC(=O)Nc1ccc(NC(=O)N2C[C@@H](CN(C)C)[C@H](CN(C)C)C2)cc1. The van der Waals surface area contributed by atoms with E-state index in [1.807, 2.05) is 4.90 Å². The van der Waals surface area contributed by atoms with E-state index in [9.17, 15) is 9.59 Å². The highest BCUT2D eigenvalue weighted by molar-refractivity contribution is 5.93. The second-order valence-corrected chi connectivity index (χ2v) is 7.94. The Bertz CT molecular complexity index is 630. The Balaban J connectivity index is 1.93. The van der Waals surface area contributed by atoms with E-state index in [2.05, 4.69) is 48.6 Å². The third-order valence-electron chi connectivity index (χ3n) is 4.76. The molecule has 0 aliphatic carbocycles. The van der Waals surface area contributed by atoms with Gasteiger partial charge in [-0.05, 0) is 64.3 Å². The molecule has 0 radical (unpaired) electrons. The van der Waals surface area contributed by atoms with Crippen LogP contribution in [0.3, 0.4) is 0 Å². The number of hydrogen-bond acceptors (Lipinski definition) is 5. The molecule has 8 nitrogen and oxygen atoms in total. The number of amides is 3. The van der Waals surface area contributed by atoms with Crippen molar-refractivity contribution in [3.63, 3.8) is 0 Å². The minimum atomic E-state index is -0.213. The first-order valence-corrected chi connectivity index (χ1v) is 9.52. The van der Waals surface area contributed by atoms with Crippen LogP contribution in [0.1, 0.15) is 0 Å². The topological polar surface area (TPSA) is 77.1 Å². The molecular formula is C20H33N5O3. The molecule has 3 amide bonds. The van der Waals surface area contributed by atoms with Gasteiger partial charge in [-0.25, -0.2) is 4.79 Å². The van der Waals surface area contributed by atoms with E-state index in [0.29, 0.717) is 23.2 Å². The average Bonchev–Trinajstić information content (AvgIpc) is 2.98. The highest BCUT2D eigenvalue weighted by Crippen LogP contribution is 2.25. The predicted octanol–water partition coefficient (Wildman–Crippen LogP) is 1.47. The Morgan fingerprint density at radius 2 is 1.43 bits per heavy atom. The first-order chi connectivity index (χ1) is 13.3. The molecule has 2 atom stereocenters. The highest BCUT2D eigenvalue weighted by Gasteiger charge is 2.35. The van der Waals surface area contributed by atoms with Gasteiger partial charge in [0.15, 0.2) is 0 Å². The molecule has 8 heteroatoms. The van der Waals surface area contributed by atoms with Gasteiger partial charge in [0.25, 0.3) is 0 Å². The molecule has 1 aliphatic rings. The minimum absolute atomic E-state index is 0.00960. The van der Waals surface area contributed by atoms with Crippen LogP contribution < -0.4 is 10.6 Å². The maximum Gasteiger partial charge on any atom is 0.321 e. The monoisotopic (exact) mass is 391 g/mol. The molecule has 1 aliphatic heterocycles. The minimum Gasteiger partial charge on any atom is -0.375 e. The number of rotatable bonds is 8. The second kappa shape index (κ2) is 10.4. The number of carbonyl (C=O) groups is 2. The van der Waals surface area contributed by atoms with Crippen molar-refractivity contribution in [1.29, 1.82) is 0 Å². The lowest BCUT2D eigenvalue weighted by Gasteiger charge is -2.24. The van der Waals surface area contributed by atoms with E-state index >= 15 is 0 Å². The summed E-state index contributed by atoms with van der Waals surface area (Å²) in [7, 11) is 9.76. The number of hydrogen-bond donors (Lipinski definition) is 2. The first-order valence-electron chi connectivity index (χ1n) is 9.52. The summed E-state index contributed by atoms with van der Waals surface area (Å²) in [5.74, 6) is 0.707. The van der Waals surface area contributed by atoms with Gasteiger partial charge >= 0.3 is 6.03 Å². The molecule has 0 spiro atoms. The fraction of sp³-hybridized carbons (Fsp3) is 0.600. The quantitative estimate of drug-likeness (QED) is 0.702. The van der Waals surface area contributed by atoms with Crippen LogP contribution in [0.5, 0.6) is 0 Å². The summed E-state index contributed by atoms with van der Waals surface area (Å²) < 4.78 is 4.79. The zero-order chi connectivity index (χ0) is 20.7. The predicted molar refractivity (Wildman–Crippen MR) is 112 cm³/mol. The van der Waals surface area contributed by atoms with Crippen LogP contribution in [0.2, 0.25) is 0 Å². The Kier molecular flexibility index (Phi) is 8.22. The number of urea groups is 1. The Morgan fingerprint density at radius 3 is 1.86 bits per heavy atom. The molecule has 2 rings (SSSR count). The van der Waals surface area contributed by atoms with Gasteiger partial charge in [-0.2, -0.15) is 0 Å². The van der Waals surface area contributed by atoms with E-state index in [0.717, 1.165) is 26.2 Å². The highest BCUT2D eigenvalue weighted by atomic mass is 16.5. The molecule has 1 aromatic rings. The summed E-state index contributed by atoms with van der Waals surface area (Å²) in [4.78, 5) is 30.5. The van der Waals surface area contributed by atoms with Crippen molar-refractivity contribution in [2.45, 2.75) is 0 Å². The molecular weight excluding hydrogens is 358 g/mol. The summed E-state index contributed by atoms with van der Waals surface area (Å²) in [6.07, 6.45) is 0. The molecule has 0 aromatic heterocycles. The van der Waals surface area contributed by atoms with E-state index < -0.39 is 0 Å². The van der Waals surface area contributed by atoms with E-state index in [1.54, 1.807) is 24.3 Å². The lowest BCUT2D eigenvalue weighted by molar-refractivity contribution is -0.119. The van der Waals surface area contributed by atoms with Gasteiger partial charge in [-0.1, -0.05) is 0 Å². The number of methoxy groups -OCH3 is 1. The maximum atomic E-state index is 12.7. The summed E-state index contributed by atoms with van der Waals surface area (Å²) >= 11 is 0. The van der Waals surface area contributed by atoms with Crippen LogP contribution in [0.4, 0.5) is 16.2 Å². The van der Waals surface area contributed by atoms with Gasteiger partial charge in [0.1, 0.15) is 6.61 Å². The zero-order valence-corrected chi connectivity index (χ0v) is 17.6. The number of carbonyl (C=O) groups excluding carboxylic acids is 2. The van der Waals surface area contributed by atoms with Gasteiger partial charge in [0.05, 0.1) is 0 Å². The molecule has 1 fully saturated rings. The molecule has 28 heavy (non-hydrogen) atoms. The Hall–Kier alpha value is -2.16. The van der Waals surface area contributed by atoms with Gasteiger partial charge < -0.3 is 30.1 Å². The lowest BCUT2D eigenvalue weighted by Crippen LogP contribution is -2.34. The maximum absolute atomic E-state index is 12.7. The molecule has 0 unspecified atom stereocenters. The van der Waals surface area contributed by atoms with Crippen LogP contribution >= 0.6 is 0 Å². The summed E-state index contributed by atoms with van der Waals surface area (Å²) in [6, 6.07) is 7.00. The van der Waals surface area contributed by atoms with Crippen molar-refractivity contribution in [2.24, 2.45) is 11.8 Å². The third kappa shape index (κ3) is 6.78. The lowest BCUT2D eigenvalue weighted by atomic mass is 9.95. The molecule has 1 saturated heterocycles. The molecule has 156 valence electrons. The normalized spacial score (nSPS) is 19.3. The van der Waals surface area contributed by atoms with Crippen LogP contribution in [-0.2, 0) is 9.53 Å². The van der Waals surface area contributed by atoms with Crippen molar-refractivity contribution >= 4 is 23.3 Å². The van der Waals surface area contributed by atoms with Crippen molar-refractivity contribution < 1.29 is 14.3 Å². The molecule has 0 saturated carbocycles. The number of ether oxygens (including phenoxy) is 1. The van der Waals surface area contributed by atoms with Crippen LogP contribution in [-0.4, -0.2) is 94.7 Å². The Morgan fingerprint density at radius 1 is 0.964 bits per heavy atom. The van der Waals surface area contributed by atoms with E-state index in [1.165, 1.54) is 7.11 Å². The Labute approximate surface area is 167 Å². The second-order valence-electron chi connectivity index (χ2n) is 7.94. The number of nitrogens with zero attached hydrogens (tertiary/aromatic N) is 3. The summed E-state index contributed by atoms with van der Waals surface area (Å²) in [5, 5.41) is 5.69. The average molecular weight is 392 g/mol. The van der Waals surface area contributed by atoms with Crippen LogP contribution in [0.25, 0.3) is 0 Å². The van der Waals surface area contributed by atoms with Crippen molar-refractivity contribution in [2.75, 3.05) is 78.7 Å². The molecule has 2 N–H and O–H groups in total. The summed E-state index contributed by atoms with van der Waals surface area (Å²) in [5.41, 5.74) is 1.37. The van der Waals surface area contributed by atoms with Crippen molar-refractivity contribution in [3.05, 3.63) is 24.3 Å². The summed E-state index contributed by atoms with van der Waals surface area (Å²) in [6.45, 7) is 3.47. The standard InChI is InChI=1S/C20H33N5O3/c1-23(2)10-15-12-25(13-16(15)11-24(3)4)20(27)22-18-8-6-17(7-9-18)21-19(26)14-28-5/h6-9,15-16H,10-14H2,1-5H3,(H,21,26)(H,22,27)/t15-,16-/m1/s1. The van der Waals surface area contributed by atoms with Gasteiger partial charge in [-0.3, -0.25) is 4.79 Å². The van der Waals surface area contributed by atoms with Crippen molar-refractivity contribution in [1.82, 2.24) is 14.7 Å². The fourth-order valence-electron chi connectivity index (χ4n) is 3.62. The largest absolute Gasteiger partial charge is 0.375 e. The number of anilines is 2. The van der Waals surface area contributed by atoms with Crippen LogP contribution in [0.15, 0.2) is 24.3 Å². The van der Waals surface area contributed by atoms with Gasteiger partial charge in [0.2, 0.25) is 5.91 Å². The fourth-order valence-corrected chi connectivity index (χ4v) is 3.62. The number of nitrogens with one attached hydrogen (secondary N) is 2. The van der Waals surface area contributed by atoms with E-state index in [-0.39, 0.29) is 18.5 Å². The van der Waals surface area contributed by atoms with Gasteiger partial charge in [0, 0.05) is 44.7 Å². The zero-order valence-electron chi connectivity index (χ0n) is 17.6. The number of likely N-dealkylation sites (tertiary alicyclic amines) is 1. The van der Waals surface area contributed by atoms with Crippen molar-refractivity contribution in [3.8, 4) is 0 Å². The van der Waals surface area contributed by atoms with Gasteiger partial charge in [-0.15, -0.1) is 0 Å². The van der Waals surface area contributed by atoms with E-state index in [4.69, 9.17) is 4.74 Å².